The fourth-order valence-electron chi connectivity index (χ4n) is 2.98. The van der Waals surface area contributed by atoms with Crippen molar-refractivity contribution < 1.29 is 23.6 Å². The molecule has 0 unspecified atom stereocenters. The Labute approximate surface area is 155 Å². The molecule has 0 aromatic heterocycles. The Kier molecular flexibility index (Phi) is 5.29. The number of benzene rings is 1. The van der Waals surface area contributed by atoms with Gasteiger partial charge in [-0.3, -0.25) is 19.2 Å². The number of likely N-dealkylation sites (tertiary alicyclic amines) is 1. The van der Waals surface area contributed by atoms with E-state index in [-0.39, 0.29) is 18.1 Å². The highest BCUT2D eigenvalue weighted by Gasteiger charge is 2.34. The number of hydrogen-bond acceptors (Lipinski definition) is 5. The lowest BCUT2D eigenvalue weighted by atomic mass is 10.1. The minimum Gasteiger partial charge on any atom is -0.341 e. The lowest BCUT2D eigenvalue weighted by molar-refractivity contribution is -0.136. The monoisotopic (exact) mass is 374 g/mol. The summed E-state index contributed by atoms with van der Waals surface area (Å²) in [4.78, 5) is 51.8. The van der Waals surface area contributed by atoms with Crippen LogP contribution in [0.4, 0.5) is 10.1 Å². The number of carbonyl (C=O) groups is 4. The molecular formula is C18H19FN4O4. The van der Waals surface area contributed by atoms with Crippen LogP contribution in [-0.2, 0) is 19.2 Å². The number of likely N-dealkylation sites (N-methyl/N-ethyl adjacent to an activating group) is 1. The third-order valence-electron chi connectivity index (χ3n) is 4.46. The second-order valence-corrected chi connectivity index (χ2v) is 6.48. The maximum absolute atomic E-state index is 13.1. The molecule has 27 heavy (non-hydrogen) atoms. The molecule has 2 aliphatic heterocycles. The van der Waals surface area contributed by atoms with Crippen LogP contribution >= 0.6 is 0 Å². The van der Waals surface area contributed by atoms with Gasteiger partial charge in [0.05, 0.1) is 18.7 Å². The molecule has 1 aromatic rings. The molecule has 0 saturated carbocycles. The number of ketones is 1. The first kappa shape index (κ1) is 18.7. The van der Waals surface area contributed by atoms with E-state index >= 15 is 0 Å². The summed E-state index contributed by atoms with van der Waals surface area (Å²) in [7, 11) is 1.41. The molecule has 142 valence electrons. The van der Waals surface area contributed by atoms with Gasteiger partial charge in [0.2, 0.25) is 5.91 Å². The van der Waals surface area contributed by atoms with Crippen LogP contribution in [0.15, 0.2) is 29.4 Å². The second kappa shape index (κ2) is 7.65. The highest BCUT2D eigenvalue weighted by Crippen LogP contribution is 2.20. The first-order chi connectivity index (χ1) is 12.9. The summed E-state index contributed by atoms with van der Waals surface area (Å²) in [5.41, 5.74) is -0.175. The molecule has 3 rings (SSSR count). The molecule has 1 aromatic carbocycles. The molecule has 1 fully saturated rings. The fourth-order valence-corrected chi connectivity index (χ4v) is 2.98. The molecule has 9 heteroatoms. The van der Waals surface area contributed by atoms with E-state index in [1.165, 1.54) is 19.2 Å². The summed E-state index contributed by atoms with van der Waals surface area (Å²) < 4.78 is 13.1. The minimum absolute atomic E-state index is 0.171. The molecule has 0 spiro atoms. The molecule has 0 N–H and O–H groups in total. The number of rotatable bonds is 4. The van der Waals surface area contributed by atoms with Crippen molar-refractivity contribution in [1.29, 1.82) is 0 Å². The largest absolute Gasteiger partial charge is 0.341 e. The van der Waals surface area contributed by atoms with Gasteiger partial charge in [0.1, 0.15) is 5.82 Å². The van der Waals surface area contributed by atoms with Crippen LogP contribution in [0.2, 0.25) is 0 Å². The van der Waals surface area contributed by atoms with Gasteiger partial charge in [-0.2, -0.15) is 10.1 Å². The van der Waals surface area contributed by atoms with E-state index in [1.807, 2.05) is 0 Å². The number of hydrogen-bond donors (Lipinski definition) is 0. The van der Waals surface area contributed by atoms with Crippen molar-refractivity contribution in [2.45, 2.75) is 19.3 Å². The van der Waals surface area contributed by atoms with Crippen molar-refractivity contribution >= 4 is 34.9 Å². The first-order valence-corrected chi connectivity index (χ1v) is 8.60. The summed E-state index contributed by atoms with van der Waals surface area (Å²) in [6.45, 7) is 1.15. The van der Waals surface area contributed by atoms with Gasteiger partial charge in [-0.25, -0.2) is 4.39 Å². The third kappa shape index (κ3) is 4.02. The van der Waals surface area contributed by atoms with Gasteiger partial charge >= 0.3 is 0 Å². The molecule has 0 aliphatic carbocycles. The maximum atomic E-state index is 13.1. The van der Waals surface area contributed by atoms with E-state index in [1.54, 1.807) is 4.90 Å². The van der Waals surface area contributed by atoms with Crippen molar-refractivity contribution in [2.75, 3.05) is 31.7 Å². The molecule has 8 nitrogen and oxygen atoms in total. The van der Waals surface area contributed by atoms with Crippen LogP contribution in [0, 0.1) is 5.82 Å². The fraction of sp³-hybridized carbons (Fsp3) is 0.389. The Morgan fingerprint density at radius 1 is 1.15 bits per heavy atom. The number of nitrogens with zero attached hydrogens (tertiary/aromatic N) is 4. The van der Waals surface area contributed by atoms with Crippen molar-refractivity contribution in [3.8, 4) is 0 Å². The number of anilines is 1. The maximum Gasteiger partial charge on any atom is 0.278 e. The molecule has 0 atom stereocenters. The van der Waals surface area contributed by atoms with Crippen LogP contribution < -0.4 is 5.01 Å². The van der Waals surface area contributed by atoms with Gasteiger partial charge in [0.15, 0.2) is 11.5 Å². The SMILES string of the molecule is CN(CC(=O)N1CCCC1)C(=O)C1=NN(c2ccc(F)cc2)C(=O)CC1=O. The number of hydrazone groups is 1. The highest BCUT2D eigenvalue weighted by atomic mass is 19.1. The Hall–Kier alpha value is -3.10. The number of carbonyl (C=O) groups excluding carboxylic acids is 4. The average molecular weight is 374 g/mol. The zero-order valence-corrected chi connectivity index (χ0v) is 14.9. The summed E-state index contributed by atoms with van der Waals surface area (Å²) in [5, 5.41) is 4.79. The van der Waals surface area contributed by atoms with Crippen LogP contribution in [0.5, 0.6) is 0 Å². The zero-order chi connectivity index (χ0) is 19.6. The van der Waals surface area contributed by atoms with Crippen LogP contribution in [0.3, 0.4) is 0 Å². The number of Topliss-reactive ketones (excluding diaryl/α,β-unsaturated/α-hetero) is 1. The highest BCUT2D eigenvalue weighted by molar-refractivity contribution is 6.67. The van der Waals surface area contributed by atoms with Crippen LogP contribution in [0.1, 0.15) is 19.3 Å². The topological polar surface area (TPSA) is 90.4 Å². The predicted molar refractivity (Wildman–Crippen MR) is 94.4 cm³/mol. The van der Waals surface area contributed by atoms with Gasteiger partial charge in [-0.1, -0.05) is 0 Å². The van der Waals surface area contributed by atoms with Gasteiger partial charge < -0.3 is 9.80 Å². The second-order valence-electron chi connectivity index (χ2n) is 6.48. The predicted octanol–water partition coefficient (Wildman–Crippen LogP) is 0.568. The number of halogens is 1. The van der Waals surface area contributed by atoms with Gasteiger partial charge in [-0.05, 0) is 37.1 Å². The van der Waals surface area contributed by atoms with Crippen molar-refractivity contribution in [1.82, 2.24) is 9.80 Å². The Balaban J connectivity index is 1.77. The molecular weight excluding hydrogens is 355 g/mol. The molecule has 0 bridgehead atoms. The Bertz CT molecular complexity index is 815. The van der Waals surface area contributed by atoms with Gasteiger partial charge in [0, 0.05) is 20.1 Å². The zero-order valence-electron chi connectivity index (χ0n) is 14.9. The summed E-state index contributed by atoms with van der Waals surface area (Å²) in [6, 6.07) is 4.96. The standard InChI is InChI=1S/C18H19FN4O4/c1-21(11-16(26)22-8-2-3-9-22)18(27)17-14(24)10-15(25)23(20-17)13-6-4-12(19)5-7-13/h4-7H,2-3,8-11H2,1H3. The molecule has 2 aliphatic rings. The van der Waals surface area contributed by atoms with E-state index in [0.29, 0.717) is 13.1 Å². The molecule has 3 amide bonds. The Morgan fingerprint density at radius 2 is 1.78 bits per heavy atom. The van der Waals surface area contributed by atoms with Crippen molar-refractivity contribution in [2.24, 2.45) is 5.10 Å². The molecule has 1 saturated heterocycles. The van der Waals surface area contributed by atoms with E-state index in [9.17, 15) is 23.6 Å². The van der Waals surface area contributed by atoms with Gasteiger partial charge in [-0.15, -0.1) is 0 Å². The van der Waals surface area contributed by atoms with Crippen molar-refractivity contribution in [3.05, 3.63) is 30.1 Å². The number of amides is 3. The van der Waals surface area contributed by atoms with Gasteiger partial charge in [0.25, 0.3) is 11.8 Å². The summed E-state index contributed by atoms with van der Waals surface area (Å²) in [6.07, 6.45) is 1.35. The molecule has 2 heterocycles. The lowest BCUT2D eigenvalue weighted by Gasteiger charge is -2.25. The van der Waals surface area contributed by atoms with E-state index in [2.05, 4.69) is 5.10 Å². The Morgan fingerprint density at radius 3 is 2.41 bits per heavy atom. The van der Waals surface area contributed by atoms with E-state index in [0.717, 1.165) is 34.9 Å². The third-order valence-corrected chi connectivity index (χ3v) is 4.46. The average Bonchev–Trinajstić information content (AvgIpc) is 3.17. The quantitative estimate of drug-likeness (QED) is 0.721. The smallest absolute Gasteiger partial charge is 0.278 e. The first-order valence-electron chi connectivity index (χ1n) is 8.60. The minimum atomic E-state index is -0.729. The van der Waals surface area contributed by atoms with Crippen molar-refractivity contribution in [3.63, 3.8) is 0 Å². The summed E-state index contributed by atoms with van der Waals surface area (Å²) >= 11 is 0. The lowest BCUT2D eigenvalue weighted by Crippen LogP contribution is -2.47. The van der Waals surface area contributed by atoms with E-state index in [4.69, 9.17) is 0 Å². The normalized spacial score (nSPS) is 17.2. The summed E-state index contributed by atoms with van der Waals surface area (Å²) in [5.74, 6) is -2.73. The van der Waals surface area contributed by atoms with E-state index < -0.39 is 35.5 Å². The molecule has 0 radical (unpaired) electrons. The van der Waals surface area contributed by atoms with Crippen LogP contribution in [-0.4, -0.2) is 65.7 Å². The van der Waals surface area contributed by atoms with Crippen LogP contribution in [0.25, 0.3) is 0 Å².